The van der Waals surface area contributed by atoms with Crippen LogP contribution in [0.2, 0.25) is 0 Å². The Balaban J connectivity index is 2.03. The number of rotatable bonds is 4. The Morgan fingerprint density at radius 2 is 1.81 bits per heavy atom. The first-order chi connectivity index (χ1) is 12.8. The number of halogens is 4. The molecule has 3 rings (SSSR count). The van der Waals surface area contributed by atoms with E-state index in [0.717, 1.165) is 16.9 Å². The predicted octanol–water partition coefficient (Wildman–Crippen LogP) is 3.38. The molecule has 0 aliphatic carbocycles. The highest BCUT2D eigenvalue weighted by molar-refractivity contribution is 5.36. The first kappa shape index (κ1) is 18.6. The van der Waals surface area contributed by atoms with Gasteiger partial charge in [-0.3, -0.25) is 9.78 Å². The van der Waals surface area contributed by atoms with Crippen molar-refractivity contribution in [3.8, 4) is 11.4 Å². The Bertz CT molecular complexity index is 1010. The maximum atomic E-state index is 13.1. The summed E-state index contributed by atoms with van der Waals surface area (Å²) in [5.74, 6) is -0.333. The van der Waals surface area contributed by atoms with Crippen molar-refractivity contribution in [2.75, 3.05) is 7.11 Å². The Kier molecular flexibility index (Phi) is 4.93. The number of hydrogen-bond donors (Lipinski definition) is 0. The van der Waals surface area contributed by atoms with E-state index in [1.165, 1.54) is 43.5 Å². The number of ether oxygens (including phenoxy) is 1. The number of pyridine rings is 1. The van der Waals surface area contributed by atoms with Gasteiger partial charge in [0, 0.05) is 18.7 Å². The van der Waals surface area contributed by atoms with Gasteiger partial charge in [0.1, 0.15) is 23.0 Å². The van der Waals surface area contributed by atoms with Crippen molar-refractivity contribution < 1.29 is 22.3 Å². The van der Waals surface area contributed by atoms with Crippen LogP contribution in [-0.4, -0.2) is 21.9 Å². The van der Waals surface area contributed by atoms with Gasteiger partial charge in [0.05, 0.1) is 12.8 Å². The molecule has 9 heteroatoms. The summed E-state index contributed by atoms with van der Waals surface area (Å²) in [5, 5.41) is 4.19. The van der Waals surface area contributed by atoms with Gasteiger partial charge in [0.25, 0.3) is 5.56 Å². The Morgan fingerprint density at radius 3 is 2.44 bits per heavy atom. The summed E-state index contributed by atoms with van der Waals surface area (Å²) in [6.07, 6.45) is -3.53. The van der Waals surface area contributed by atoms with E-state index in [9.17, 15) is 22.4 Å². The number of nitrogens with zero attached hydrogens (tertiary/aromatic N) is 3. The van der Waals surface area contributed by atoms with Crippen LogP contribution in [0.5, 0.6) is 5.75 Å². The average Bonchev–Trinajstić information content (AvgIpc) is 2.63. The Hall–Kier alpha value is -3.23. The van der Waals surface area contributed by atoms with Gasteiger partial charge in [0.2, 0.25) is 0 Å². The lowest BCUT2D eigenvalue weighted by atomic mass is 10.1. The third-order valence-electron chi connectivity index (χ3n) is 3.75. The zero-order valence-corrected chi connectivity index (χ0v) is 14.0. The minimum absolute atomic E-state index is 0.0176. The van der Waals surface area contributed by atoms with Crippen LogP contribution in [0.3, 0.4) is 0 Å². The van der Waals surface area contributed by atoms with Crippen molar-refractivity contribution in [2.45, 2.75) is 12.6 Å². The number of aromatic nitrogens is 3. The van der Waals surface area contributed by atoms with Crippen molar-refractivity contribution in [1.29, 1.82) is 0 Å². The molecule has 140 valence electrons. The minimum atomic E-state index is -4.57. The minimum Gasteiger partial charge on any atom is -0.495 e. The largest absolute Gasteiger partial charge is 0.495 e. The van der Waals surface area contributed by atoms with Crippen LogP contribution in [0.25, 0.3) is 5.69 Å². The van der Waals surface area contributed by atoms with Crippen LogP contribution >= 0.6 is 0 Å². The molecule has 0 amide bonds. The molecule has 2 aromatic heterocycles. The van der Waals surface area contributed by atoms with E-state index >= 15 is 0 Å². The van der Waals surface area contributed by atoms with Crippen LogP contribution in [-0.2, 0) is 12.6 Å². The fraction of sp³-hybridized carbons (Fsp3) is 0.167. The molecule has 2 heterocycles. The lowest BCUT2D eigenvalue weighted by molar-refractivity contribution is -0.141. The van der Waals surface area contributed by atoms with E-state index in [1.54, 1.807) is 0 Å². The van der Waals surface area contributed by atoms with Crippen molar-refractivity contribution in [2.24, 2.45) is 0 Å². The van der Waals surface area contributed by atoms with Crippen LogP contribution in [0, 0.1) is 5.82 Å². The molecule has 0 saturated heterocycles. The molecule has 27 heavy (non-hydrogen) atoms. The number of alkyl halides is 3. The average molecular weight is 379 g/mol. The molecule has 0 unspecified atom stereocenters. The molecule has 0 aliphatic heterocycles. The molecule has 0 atom stereocenters. The number of hydrogen-bond acceptors (Lipinski definition) is 4. The van der Waals surface area contributed by atoms with Gasteiger partial charge in [-0.05, 0) is 42.0 Å². The molecule has 0 radical (unpaired) electrons. The molecule has 1 aromatic carbocycles. The highest BCUT2D eigenvalue weighted by atomic mass is 19.4. The normalized spacial score (nSPS) is 11.4. The zero-order valence-electron chi connectivity index (χ0n) is 14.0. The van der Waals surface area contributed by atoms with Gasteiger partial charge in [-0.2, -0.15) is 23.0 Å². The summed E-state index contributed by atoms with van der Waals surface area (Å²) in [5.41, 5.74) is -0.678. The van der Waals surface area contributed by atoms with Gasteiger partial charge < -0.3 is 4.74 Å². The van der Waals surface area contributed by atoms with E-state index < -0.39 is 23.2 Å². The van der Waals surface area contributed by atoms with Crippen LogP contribution < -0.4 is 10.3 Å². The monoisotopic (exact) mass is 379 g/mol. The van der Waals surface area contributed by atoms with Crippen LogP contribution in [0.15, 0.2) is 53.5 Å². The second-order valence-corrected chi connectivity index (χ2v) is 5.61. The van der Waals surface area contributed by atoms with Gasteiger partial charge in [-0.15, -0.1) is 0 Å². The van der Waals surface area contributed by atoms with Gasteiger partial charge in [-0.1, -0.05) is 0 Å². The summed E-state index contributed by atoms with van der Waals surface area (Å²) in [4.78, 5) is 15.6. The molecule has 0 spiro atoms. The molecule has 0 fully saturated rings. The summed E-state index contributed by atoms with van der Waals surface area (Å²) >= 11 is 0. The summed E-state index contributed by atoms with van der Waals surface area (Å²) in [7, 11) is 1.33. The topological polar surface area (TPSA) is 57.0 Å². The lowest BCUT2D eigenvalue weighted by Gasteiger charge is -2.12. The second kappa shape index (κ2) is 7.18. The third-order valence-corrected chi connectivity index (χ3v) is 3.75. The fourth-order valence-corrected chi connectivity index (χ4v) is 2.47. The maximum absolute atomic E-state index is 13.1. The number of methoxy groups -OCH3 is 1. The molecule has 3 aromatic rings. The quantitative estimate of drug-likeness (QED) is 0.652. The van der Waals surface area contributed by atoms with E-state index in [-0.39, 0.29) is 17.9 Å². The first-order valence-corrected chi connectivity index (χ1v) is 7.73. The lowest BCUT2D eigenvalue weighted by Crippen LogP contribution is -2.22. The highest BCUT2D eigenvalue weighted by Gasteiger charge is 2.32. The second-order valence-electron chi connectivity index (χ2n) is 5.61. The van der Waals surface area contributed by atoms with E-state index in [4.69, 9.17) is 4.74 Å². The molecule has 0 saturated carbocycles. The summed E-state index contributed by atoms with van der Waals surface area (Å²) in [6.45, 7) is 0. The summed E-state index contributed by atoms with van der Waals surface area (Å²) in [6, 6.07) is 8.59. The molecular formula is C18H13F4N3O2. The molecule has 5 nitrogen and oxygen atoms in total. The van der Waals surface area contributed by atoms with Gasteiger partial charge >= 0.3 is 6.18 Å². The molecule has 0 N–H and O–H groups in total. The van der Waals surface area contributed by atoms with Crippen molar-refractivity contribution >= 4 is 0 Å². The van der Waals surface area contributed by atoms with Crippen molar-refractivity contribution in [1.82, 2.24) is 14.8 Å². The third kappa shape index (κ3) is 4.13. The molecular weight excluding hydrogens is 366 g/mol. The van der Waals surface area contributed by atoms with Crippen LogP contribution in [0.4, 0.5) is 17.6 Å². The van der Waals surface area contributed by atoms with Crippen molar-refractivity contribution in [3.63, 3.8) is 0 Å². The summed E-state index contributed by atoms with van der Waals surface area (Å²) < 4.78 is 57.8. The van der Waals surface area contributed by atoms with Crippen LogP contribution in [0.1, 0.15) is 17.0 Å². The maximum Gasteiger partial charge on any atom is 0.433 e. The van der Waals surface area contributed by atoms with Crippen molar-refractivity contribution in [3.05, 3.63) is 81.8 Å². The number of benzene rings is 1. The first-order valence-electron chi connectivity index (χ1n) is 7.73. The van der Waals surface area contributed by atoms with E-state index in [2.05, 4.69) is 10.1 Å². The highest BCUT2D eigenvalue weighted by Crippen LogP contribution is 2.28. The van der Waals surface area contributed by atoms with Gasteiger partial charge in [-0.25, -0.2) is 4.39 Å². The smallest absolute Gasteiger partial charge is 0.433 e. The molecule has 0 bridgehead atoms. The van der Waals surface area contributed by atoms with E-state index in [0.29, 0.717) is 11.3 Å². The standard InChI is InChI=1S/C18H13F4N3O2/c1-27-15-10-17(26)25(13-4-2-12(19)3-5-13)24-14(15)8-11-6-7-23-16(9-11)18(20,21)22/h2-7,9-10H,8H2,1H3. The Labute approximate surface area is 150 Å². The fourth-order valence-electron chi connectivity index (χ4n) is 2.47. The van der Waals surface area contributed by atoms with E-state index in [1.807, 2.05) is 0 Å². The SMILES string of the molecule is COc1cc(=O)n(-c2ccc(F)cc2)nc1Cc1ccnc(C(F)(F)F)c1. The Morgan fingerprint density at radius 1 is 1.11 bits per heavy atom. The predicted molar refractivity (Wildman–Crippen MR) is 88.4 cm³/mol. The van der Waals surface area contributed by atoms with Gasteiger partial charge in [0.15, 0.2) is 0 Å². The molecule has 0 aliphatic rings. The zero-order chi connectivity index (χ0) is 19.6.